The molecule has 2 nitrogen and oxygen atoms in total. The summed E-state index contributed by atoms with van der Waals surface area (Å²) < 4.78 is 13.5. The van der Waals surface area contributed by atoms with Crippen LogP contribution in [0.5, 0.6) is 0 Å². The van der Waals surface area contributed by atoms with Crippen molar-refractivity contribution in [1.29, 1.82) is 0 Å². The number of aromatic nitrogens is 1. The smallest absolute Gasteiger partial charge is 0.147 e. The van der Waals surface area contributed by atoms with Gasteiger partial charge in [0.1, 0.15) is 5.82 Å². The quantitative estimate of drug-likeness (QED) is 0.930. The van der Waals surface area contributed by atoms with Gasteiger partial charge in [-0.1, -0.05) is 29.3 Å². The molecule has 0 saturated heterocycles. The molecule has 0 spiro atoms. The minimum absolute atomic E-state index is 0.152. The van der Waals surface area contributed by atoms with E-state index in [-0.39, 0.29) is 12.0 Å². The lowest BCUT2D eigenvalue weighted by Crippen LogP contribution is -2.05. The largest absolute Gasteiger partial charge is 0.388 e. The Hall–Kier alpha value is -1.16. The Balaban J connectivity index is 2.27. The summed E-state index contributed by atoms with van der Waals surface area (Å²) in [7, 11) is 0. The number of hydrogen-bond donors (Lipinski definition) is 1. The average molecular weight is 286 g/mol. The lowest BCUT2D eigenvalue weighted by Gasteiger charge is -2.13. The van der Waals surface area contributed by atoms with Crippen molar-refractivity contribution in [2.75, 3.05) is 0 Å². The van der Waals surface area contributed by atoms with E-state index < -0.39 is 11.9 Å². The van der Waals surface area contributed by atoms with Crippen LogP contribution in [0.1, 0.15) is 17.2 Å². The topological polar surface area (TPSA) is 33.1 Å². The predicted octanol–water partition coefficient (Wildman–Crippen LogP) is 3.80. The normalized spacial score (nSPS) is 12.4. The number of aliphatic hydroxyl groups excluding tert-OH is 1. The van der Waals surface area contributed by atoms with E-state index in [0.29, 0.717) is 15.6 Å². The summed E-state index contributed by atoms with van der Waals surface area (Å²) in [6.45, 7) is 0. The van der Waals surface area contributed by atoms with Gasteiger partial charge in [-0.15, -0.1) is 0 Å². The monoisotopic (exact) mass is 285 g/mol. The van der Waals surface area contributed by atoms with Crippen LogP contribution in [-0.2, 0) is 6.42 Å². The van der Waals surface area contributed by atoms with Crippen LogP contribution < -0.4 is 0 Å². The van der Waals surface area contributed by atoms with Crippen molar-refractivity contribution in [1.82, 2.24) is 4.98 Å². The number of benzene rings is 1. The second-order valence-corrected chi connectivity index (χ2v) is 4.63. The molecule has 0 radical (unpaired) electrons. The Morgan fingerprint density at radius 3 is 2.50 bits per heavy atom. The summed E-state index contributed by atoms with van der Waals surface area (Å²) in [5.74, 6) is -0.548. The van der Waals surface area contributed by atoms with Crippen LogP contribution in [0.25, 0.3) is 0 Å². The molecule has 1 heterocycles. The first-order valence-corrected chi connectivity index (χ1v) is 6.05. The standard InChI is InChI=1S/C13H10Cl2FNO/c14-10-2-1-3-11(15)9(10)6-13(18)8-4-5-17-7-12(8)16/h1-5,7,13,18H,6H2. The molecule has 0 aliphatic rings. The number of pyridine rings is 1. The fraction of sp³-hybridized carbons (Fsp3) is 0.154. The average Bonchev–Trinajstić information content (AvgIpc) is 2.34. The highest BCUT2D eigenvalue weighted by atomic mass is 35.5. The minimum Gasteiger partial charge on any atom is -0.388 e. The first-order valence-electron chi connectivity index (χ1n) is 5.30. The zero-order chi connectivity index (χ0) is 13.1. The van der Waals surface area contributed by atoms with Crippen LogP contribution in [-0.4, -0.2) is 10.1 Å². The fourth-order valence-electron chi connectivity index (χ4n) is 1.69. The first kappa shape index (κ1) is 13.3. The van der Waals surface area contributed by atoms with E-state index in [1.165, 1.54) is 12.3 Å². The zero-order valence-corrected chi connectivity index (χ0v) is 10.8. The molecule has 0 amide bonds. The summed E-state index contributed by atoms with van der Waals surface area (Å²) >= 11 is 12.0. The van der Waals surface area contributed by atoms with Gasteiger partial charge in [-0.3, -0.25) is 4.98 Å². The van der Waals surface area contributed by atoms with Gasteiger partial charge in [-0.25, -0.2) is 4.39 Å². The molecule has 1 aromatic heterocycles. The summed E-state index contributed by atoms with van der Waals surface area (Å²) in [6, 6.07) is 6.51. The van der Waals surface area contributed by atoms with Crippen molar-refractivity contribution in [3.8, 4) is 0 Å². The molecule has 0 aliphatic carbocycles. The predicted molar refractivity (Wildman–Crippen MR) is 69.3 cm³/mol. The molecule has 18 heavy (non-hydrogen) atoms. The first-order chi connectivity index (χ1) is 8.59. The molecule has 2 aromatic rings. The molecular weight excluding hydrogens is 276 g/mol. The van der Waals surface area contributed by atoms with Crippen LogP contribution in [0.2, 0.25) is 10.0 Å². The highest BCUT2D eigenvalue weighted by Crippen LogP contribution is 2.29. The number of halogens is 3. The summed E-state index contributed by atoms with van der Waals surface area (Å²) in [4.78, 5) is 3.63. The van der Waals surface area contributed by atoms with E-state index in [0.717, 1.165) is 6.20 Å². The van der Waals surface area contributed by atoms with E-state index in [9.17, 15) is 9.50 Å². The third-order valence-corrected chi connectivity index (χ3v) is 3.33. The molecule has 0 aliphatic heterocycles. The maximum absolute atomic E-state index is 13.5. The van der Waals surface area contributed by atoms with Crippen molar-refractivity contribution in [3.63, 3.8) is 0 Å². The number of rotatable bonds is 3. The molecule has 5 heteroatoms. The maximum Gasteiger partial charge on any atom is 0.147 e. The third kappa shape index (κ3) is 2.80. The number of aliphatic hydroxyl groups is 1. The van der Waals surface area contributed by atoms with Crippen LogP contribution in [0, 0.1) is 5.82 Å². The molecule has 94 valence electrons. The highest BCUT2D eigenvalue weighted by molar-refractivity contribution is 6.35. The molecule has 0 saturated carbocycles. The van der Waals surface area contributed by atoms with E-state index in [1.807, 2.05) is 0 Å². The zero-order valence-electron chi connectivity index (χ0n) is 9.28. The lowest BCUT2D eigenvalue weighted by atomic mass is 10.0. The van der Waals surface area contributed by atoms with Crippen LogP contribution in [0.3, 0.4) is 0 Å². The van der Waals surface area contributed by atoms with Crippen molar-refractivity contribution >= 4 is 23.2 Å². The lowest BCUT2D eigenvalue weighted by molar-refractivity contribution is 0.173. The van der Waals surface area contributed by atoms with Crippen molar-refractivity contribution in [3.05, 3.63) is 63.6 Å². The Labute approximate surface area is 114 Å². The Morgan fingerprint density at radius 1 is 1.22 bits per heavy atom. The molecule has 1 atom stereocenters. The number of nitrogens with zero attached hydrogens (tertiary/aromatic N) is 1. The Kier molecular flexibility index (Phi) is 4.17. The van der Waals surface area contributed by atoms with Crippen molar-refractivity contribution < 1.29 is 9.50 Å². The maximum atomic E-state index is 13.5. The van der Waals surface area contributed by atoms with E-state index >= 15 is 0 Å². The van der Waals surface area contributed by atoms with E-state index in [2.05, 4.69) is 4.98 Å². The van der Waals surface area contributed by atoms with E-state index in [1.54, 1.807) is 18.2 Å². The molecule has 1 unspecified atom stereocenters. The van der Waals surface area contributed by atoms with Crippen LogP contribution in [0.15, 0.2) is 36.7 Å². The third-order valence-electron chi connectivity index (χ3n) is 2.62. The molecular formula is C13H10Cl2FNO. The number of hydrogen-bond acceptors (Lipinski definition) is 2. The molecule has 1 N–H and O–H groups in total. The van der Waals surface area contributed by atoms with Gasteiger partial charge in [0, 0.05) is 28.2 Å². The summed E-state index contributed by atoms with van der Waals surface area (Å²) in [5, 5.41) is 10.9. The highest BCUT2D eigenvalue weighted by Gasteiger charge is 2.16. The van der Waals surface area contributed by atoms with Gasteiger partial charge >= 0.3 is 0 Å². The second kappa shape index (κ2) is 5.65. The van der Waals surface area contributed by atoms with Gasteiger partial charge < -0.3 is 5.11 Å². The molecule has 2 rings (SSSR count). The fourth-order valence-corrected chi connectivity index (χ4v) is 2.24. The van der Waals surface area contributed by atoms with Gasteiger partial charge in [0.25, 0.3) is 0 Å². The van der Waals surface area contributed by atoms with Crippen LogP contribution >= 0.6 is 23.2 Å². The Morgan fingerprint density at radius 2 is 1.89 bits per heavy atom. The molecule has 0 fully saturated rings. The SMILES string of the molecule is OC(Cc1c(Cl)cccc1Cl)c1ccncc1F. The van der Waals surface area contributed by atoms with Gasteiger partial charge in [0.15, 0.2) is 0 Å². The Bertz CT molecular complexity index is 542. The summed E-state index contributed by atoms with van der Waals surface area (Å²) in [5.41, 5.74) is 0.783. The molecule has 1 aromatic carbocycles. The summed E-state index contributed by atoms with van der Waals surface area (Å²) in [6.07, 6.45) is 1.63. The van der Waals surface area contributed by atoms with Crippen molar-refractivity contribution in [2.24, 2.45) is 0 Å². The molecule has 0 bridgehead atoms. The van der Waals surface area contributed by atoms with E-state index in [4.69, 9.17) is 23.2 Å². The van der Waals surface area contributed by atoms with Gasteiger partial charge in [0.2, 0.25) is 0 Å². The van der Waals surface area contributed by atoms with Crippen LogP contribution in [0.4, 0.5) is 4.39 Å². The minimum atomic E-state index is -1.01. The van der Waals surface area contributed by atoms with Gasteiger partial charge in [0.05, 0.1) is 12.3 Å². The van der Waals surface area contributed by atoms with Gasteiger partial charge in [-0.05, 0) is 23.8 Å². The second-order valence-electron chi connectivity index (χ2n) is 3.82. The van der Waals surface area contributed by atoms with Gasteiger partial charge in [-0.2, -0.15) is 0 Å². The van der Waals surface area contributed by atoms with Crippen molar-refractivity contribution in [2.45, 2.75) is 12.5 Å².